The summed E-state index contributed by atoms with van der Waals surface area (Å²) in [5.74, 6) is 0.621. The molecule has 0 saturated carbocycles. The Bertz CT molecular complexity index is 723. The lowest BCUT2D eigenvalue weighted by atomic mass is 10.1. The molecule has 3 rings (SSSR count). The number of hydrogen-bond donors (Lipinski definition) is 1. The number of nitrogens with zero attached hydrogens (tertiary/aromatic N) is 1. The molecule has 4 heteroatoms. The quantitative estimate of drug-likeness (QED) is 0.829. The maximum Gasteiger partial charge on any atom is 0.255 e. The second kappa shape index (κ2) is 8.06. The van der Waals surface area contributed by atoms with E-state index in [-0.39, 0.29) is 12.0 Å². The summed E-state index contributed by atoms with van der Waals surface area (Å²) in [6.07, 6.45) is 3.47. The van der Waals surface area contributed by atoms with Crippen LogP contribution < -0.4 is 15.0 Å². The van der Waals surface area contributed by atoms with Crippen LogP contribution in [0.4, 0.5) is 11.4 Å². The minimum Gasteiger partial charge on any atom is -0.491 e. The Morgan fingerprint density at radius 2 is 1.92 bits per heavy atom. The molecular formula is C21H26N2O2. The Balaban J connectivity index is 1.75. The minimum absolute atomic E-state index is 0.110. The summed E-state index contributed by atoms with van der Waals surface area (Å²) < 4.78 is 5.82. The molecule has 0 spiro atoms. The van der Waals surface area contributed by atoms with Gasteiger partial charge in [0.2, 0.25) is 0 Å². The Kier molecular flexibility index (Phi) is 5.59. The van der Waals surface area contributed by atoms with Crippen molar-refractivity contribution < 1.29 is 9.53 Å². The molecule has 25 heavy (non-hydrogen) atoms. The second-order valence-corrected chi connectivity index (χ2v) is 6.53. The van der Waals surface area contributed by atoms with Gasteiger partial charge in [0.05, 0.1) is 17.5 Å². The number of carbonyl (C=O) groups is 1. The van der Waals surface area contributed by atoms with Crippen molar-refractivity contribution in [1.29, 1.82) is 0 Å². The molecule has 2 aromatic rings. The zero-order valence-corrected chi connectivity index (χ0v) is 15.0. The Morgan fingerprint density at radius 3 is 2.68 bits per heavy atom. The first-order valence-electron chi connectivity index (χ1n) is 9.09. The van der Waals surface area contributed by atoms with Crippen LogP contribution >= 0.6 is 0 Å². The largest absolute Gasteiger partial charge is 0.491 e. The van der Waals surface area contributed by atoms with E-state index in [1.807, 2.05) is 43.3 Å². The first-order chi connectivity index (χ1) is 12.2. The average Bonchev–Trinajstić information content (AvgIpc) is 3.16. The van der Waals surface area contributed by atoms with E-state index < -0.39 is 0 Å². The summed E-state index contributed by atoms with van der Waals surface area (Å²) in [7, 11) is 0. The molecule has 1 fully saturated rings. The number of rotatable bonds is 6. The molecule has 132 valence electrons. The zero-order chi connectivity index (χ0) is 17.6. The molecule has 0 aromatic heterocycles. The standard InChI is InChI=1S/C21H26N2O2/c1-3-16(2)25-18-10-8-9-17(15-18)21(24)22-19-11-4-5-12-20(19)23-13-6-7-14-23/h4-5,8-12,15-16H,3,6-7,13-14H2,1-2H3,(H,22,24)/t16-/m0/s1. The highest BCUT2D eigenvalue weighted by Crippen LogP contribution is 2.29. The summed E-state index contributed by atoms with van der Waals surface area (Å²) in [5, 5.41) is 3.06. The first-order valence-corrected chi connectivity index (χ1v) is 9.09. The van der Waals surface area contributed by atoms with Crippen LogP contribution in [0.5, 0.6) is 5.75 Å². The average molecular weight is 338 g/mol. The van der Waals surface area contributed by atoms with Gasteiger partial charge in [0, 0.05) is 18.7 Å². The molecule has 4 nitrogen and oxygen atoms in total. The first kappa shape index (κ1) is 17.3. The second-order valence-electron chi connectivity index (χ2n) is 6.53. The predicted molar refractivity (Wildman–Crippen MR) is 103 cm³/mol. The number of nitrogens with one attached hydrogen (secondary N) is 1. The van der Waals surface area contributed by atoms with Gasteiger partial charge in [-0.25, -0.2) is 0 Å². The summed E-state index contributed by atoms with van der Waals surface area (Å²) in [6.45, 7) is 6.20. The van der Waals surface area contributed by atoms with E-state index in [1.165, 1.54) is 12.8 Å². The third kappa shape index (κ3) is 4.32. The van der Waals surface area contributed by atoms with Crippen LogP contribution in [0, 0.1) is 0 Å². The molecular weight excluding hydrogens is 312 g/mol. The smallest absolute Gasteiger partial charge is 0.255 e. The molecule has 1 heterocycles. The van der Waals surface area contributed by atoms with E-state index in [9.17, 15) is 4.79 Å². The Hall–Kier alpha value is -2.49. The van der Waals surface area contributed by atoms with Crippen molar-refractivity contribution in [1.82, 2.24) is 0 Å². The Labute approximate surface area is 149 Å². The number of amides is 1. The van der Waals surface area contributed by atoms with E-state index in [0.717, 1.165) is 36.6 Å². The van der Waals surface area contributed by atoms with Crippen LogP contribution in [0.2, 0.25) is 0 Å². The lowest BCUT2D eigenvalue weighted by Gasteiger charge is -2.21. The number of carbonyl (C=O) groups excluding carboxylic acids is 1. The van der Waals surface area contributed by atoms with Crippen LogP contribution in [0.3, 0.4) is 0 Å². The van der Waals surface area contributed by atoms with Crippen molar-refractivity contribution in [2.24, 2.45) is 0 Å². The number of ether oxygens (including phenoxy) is 1. The summed E-state index contributed by atoms with van der Waals surface area (Å²) in [4.78, 5) is 15.0. The van der Waals surface area contributed by atoms with Crippen molar-refractivity contribution in [3.05, 3.63) is 54.1 Å². The molecule has 1 atom stereocenters. The number of hydrogen-bond acceptors (Lipinski definition) is 3. The number of benzene rings is 2. The number of para-hydroxylation sites is 2. The van der Waals surface area contributed by atoms with Crippen molar-refractivity contribution in [3.8, 4) is 5.75 Å². The fraction of sp³-hybridized carbons (Fsp3) is 0.381. The maximum absolute atomic E-state index is 12.7. The lowest BCUT2D eigenvalue weighted by Crippen LogP contribution is -2.21. The van der Waals surface area contributed by atoms with Gasteiger partial charge in [-0.2, -0.15) is 0 Å². The van der Waals surface area contributed by atoms with Crippen molar-refractivity contribution in [2.75, 3.05) is 23.3 Å². The van der Waals surface area contributed by atoms with E-state index in [1.54, 1.807) is 6.07 Å². The van der Waals surface area contributed by atoms with Crippen molar-refractivity contribution >= 4 is 17.3 Å². The molecule has 0 bridgehead atoms. The normalized spacial score (nSPS) is 15.0. The third-order valence-electron chi connectivity index (χ3n) is 4.61. The maximum atomic E-state index is 12.7. The van der Waals surface area contributed by atoms with Gasteiger partial charge in [-0.05, 0) is 56.5 Å². The van der Waals surface area contributed by atoms with Gasteiger partial charge in [0.25, 0.3) is 5.91 Å². The van der Waals surface area contributed by atoms with E-state index in [2.05, 4.69) is 23.2 Å². The fourth-order valence-corrected chi connectivity index (χ4v) is 3.03. The lowest BCUT2D eigenvalue weighted by molar-refractivity contribution is 0.102. The van der Waals surface area contributed by atoms with Gasteiger partial charge in [0.1, 0.15) is 5.75 Å². The molecule has 1 amide bonds. The number of anilines is 2. The molecule has 0 aliphatic carbocycles. The van der Waals surface area contributed by atoms with E-state index in [0.29, 0.717) is 5.56 Å². The monoisotopic (exact) mass is 338 g/mol. The Morgan fingerprint density at radius 1 is 1.16 bits per heavy atom. The highest BCUT2D eigenvalue weighted by atomic mass is 16.5. The molecule has 1 saturated heterocycles. The van der Waals surface area contributed by atoms with Gasteiger partial charge in [-0.1, -0.05) is 25.1 Å². The predicted octanol–water partition coefficient (Wildman–Crippen LogP) is 4.72. The van der Waals surface area contributed by atoms with Crippen LogP contribution in [0.15, 0.2) is 48.5 Å². The van der Waals surface area contributed by atoms with Gasteiger partial charge in [0.15, 0.2) is 0 Å². The van der Waals surface area contributed by atoms with Crippen LogP contribution in [0.25, 0.3) is 0 Å². The minimum atomic E-state index is -0.110. The van der Waals surface area contributed by atoms with E-state index in [4.69, 9.17) is 4.74 Å². The van der Waals surface area contributed by atoms with Crippen LogP contribution in [0.1, 0.15) is 43.5 Å². The molecule has 0 radical (unpaired) electrons. The van der Waals surface area contributed by atoms with Crippen molar-refractivity contribution in [3.63, 3.8) is 0 Å². The van der Waals surface area contributed by atoms with Gasteiger partial charge in [-0.15, -0.1) is 0 Å². The van der Waals surface area contributed by atoms with Gasteiger partial charge >= 0.3 is 0 Å². The highest BCUT2D eigenvalue weighted by molar-refractivity contribution is 6.06. The SMILES string of the molecule is CC[C@H](C)Oc1cccc(C(=O)Nc2ccccc2N2CCCC2)c1. The van der Waals surface area contributed by atoms with Crippen molar-refractivity contribution in [2.45, 2.75) is 39.2 Å². The topological polar surface area (TPSA) is 41.6 Å². The zero-order valence-electron chi connectivity index (χ0n) is 15.0. The third-order valence-corrected chi connectivity index (χ3v) is 4.61. The van der Waals surface area contributed by atoms with E-state index >= 15 is 0 Å². The van der Waals surface area contributed by atoms with Gasteiger partial charge < -0.3 is 15.0 Å². The molecule has 1 aliphatic rings. The van der Waals surface area contributed by atoms with Crippen LogP contribution in [-0.2, 0) is 0 Å². The van der Waals surface area contributed by atoms with Gasteiger partial charge in [-0.3, -0.25) is 4.79 Å². The molecule has 2 aromatic carbocycles. The van der Waals surface area contributed by atoms with Crippen LogP contribution in [-0.4, -0.2) is 25.1 Å². The summed E-state index contributed by atoms with van der Waals surface area (Å²) >= 11 is 0. The fourth-order valence-electron chi connectivity index (χ4n) is 3.03. The molecule has 1 aliphatic heterocycles. The molecule has 1 N–H and O–H groups in total. The summed E-state index contributed by atoms with van der Waals surface area (Å²) in [6, 6.07) is 15.4. The summed E-state index contributed by atoms with van der Waals surface area (Å²) in [5.41, 5.74) is 2.57. The highest BCUT2D eigenvalue weighted by Gasteiger charge is 2.17. The molecule has 0 unspecified atom stereocenters.